The van der Waals surface area contributed by atoms with Gasteiger partial charge in [0.25, 0.3) is 0 Å². The van der Waals surface area contributed by atoms with Gasteiger partial charge in [0.05, 0.1) is 12.7 Å². The molecule has 4 heteroatoms. The van der Waals surface area contributed by atoms with Crippen molar-refractivity contribution < 1.29 is 19.4 Å². The van der Waals surface area contributed by atoms with Crippen molar-refractivity contribution in [1.29, 1.82) is 0 Å². The average Bonchev–Trinajstić information content (AvgIpc) is 2.31. The van der Waals surface area contributed by atoms with Crippen LogP contribution in [0.5, 0.6) is 5.75 Å². The standard InChI is InChI=1S/C12H10O4/c1-16-12(15)4-2-3-9-5-6-11(14)10(7-9)8-13/h5-8,14H,4H2,1H3. The molecule has 0 atom stereocenters. The molecular weight excluding hydrogens is 208 g/mol. The first-order valence-electron chi connectivity index (χ1n) is 4.51. The van der Waals surface area contributed by atoms with Crippen molar-refractivity contribution in [3.05, 3.63) is 29.3 Å². The highest BCUT2D eigenvalue weighted by molar-refractivity contribution is 5.80. The van der Waals surface area contributed by atoms with Gasteiger partial charge in [-0.15, -0.1) is 0 Å². The van der Waals surface area contributed by atoms with Crippen molar-refractivity contribution in [2.75, 3.05) is 7.11 Å². The van der Waals surface area contributed by atoms with Crippen molar-refractivity contribution in [1.82, 2.24) is 0 Å². The van der Waals surface area contributed by atoms with E-state index in [9.17, 15) is 14.7 Å². The van der Waals surface area contributed by atoms with Gasteiger partial charge in [0.15, 0.2) is 6.29 Å². The van der Waals surface area contributed by atoms with E-state index in [1.165, 1.54) is 19.2 Å². The van der Waals surface area contributed by atoms with E-state index < -0.39 is 5.97 Å². The average molecular weight is 218 g/mol. The lowest BCUT2D eigenvalue weighted by atomic mass is 10.1. The Morgan fingerprint density at radius 3 is 2.94 bits per heavy atom. The molecule has 1 rings (SSSR count). The molecule has 1 N–H and O–H groups in total. The van der Waals surface area contributed by atoms with E-state index in [0.717, 1.165) is 0 Å². The number of phenolic OH excluding ortho intramolecular Hbond substituents is 1. The molecule has 0 spiro atoms. The lowest BCUT2D eigenvalue weighted by Gasteiger charge is -1.96. The maximum absolute atomic E-state index is 10.8. The monoisotopic (exact) mass is 218 g/mol. The van der Waals surface area contributed by atoms with Gasteiger partial charge in [0.2, 0.25) is 0 Å². The van der Waals surface area contributed by atoms with E-state index in [4.69, 9.17) is 0 Å². The van der Waals surface area contributed by atoms with Gasteiger partial charge in [0.1, 0.15) is 12.2 Å². The molecule has 1 aromatic rings. The topological polar surface area (TPSA) is 63.6 Å². The molecule has 0 aromatic heterocycles. The van der Waals surface area contributed by atoms with Gasteiger partial charge in [-0.25, -0.2) is 0 Å². The number of esters is 1. The molecule has 0 bridgehead atoms. The van der Waals surface area contributed by atoms with Gasteiger partial charge in [-0.2, -0.15) is 0 Å². The van der Waals surface area contributed by atoms with Crippen LogP contribution in [0.15, 0.2) is 18.2 Å². The highest BCUT2D eigenvalue weighted by Crippen LogP contribution is 2.15. The van der Waals surface area contributed by atoms with Gasteiger partial charge < -0.3 is 9.84 Å². The van der Waals surface area contributed by atoms with Gasteiger partial charge >= 0.3 is 5.97 Å². The number of carbonyl (C=O) groups is 2. The van der Waals surface area contributed by atoms with Crippen LogP contribution < -0.4 is 0 Å². The zero-order chi connectivity index (χ0) is 12.0. The summed E-state index contributed by atoms with van der Waals surface area (Å²) in [7, 11) is 1.29. The van der Waals surface area contributed by atoms with Gasteiger partial charge in [-0.1, -0.05) is 11.8 Å². The van der Waals surface area contributed by atoms with Crippen LogP contribution in [0, 0.1) is 11.8 Å². The van der Waals surface area contributed by atoms with Crippen LogP contribution in [-0.2, 0) is 9.53 Å². The normalized spacial score (nSPS) is 8.81. The van der Waals surface area contributed by atoms with Crippen LogP contribution in [0.2, 0.25) is 0 Å². The summed E-state index contributed by atoms with van der Waals surface area (Å²) < 4.78 is 4.41. The Morgan fingerprint density at radius 2 is 2.31 bits per heavy atom. The number of aldehydes is 1. The number of hydrogen-bond donors (Lipinski definition) is 1. The highest BCUT2D eigenvalue weighted by atomic mass is 16.5. The number of aromatic hydroxyl groups is 1. The zero-order valence-electron chi connectivity index (χ0n) is 8.69. The molecule has 0 aliphatic rings. The van der Waals surface area contributed by atoms with E-state index in [0.29, 0.717) is 11.8 Å². The van der Waals surface area contributed by atoms with Crippen molar-refractivity contribution in [2.24, 2.45) is 0 Å². The minimum Gasteiger partial charge on any atom is -0.507 e. The van der Waals surface area contributed by atoms with Gasteiger partial charge in [-0.05, 0) is 18.2 Å². The van der Waals surface area contributed by atoms with Crippen LogP contribution in [0.1, 0.15) is 22.3 Å². The Labute approximate surface area is 92.9 Å². The Bertz CT molecular complexity index is 466. The fourth-order valence-electron chi connectivity index (χ4n) is 1.02. The molecule has 0 aliphatic carbocycles. The third-order valence-corrected chi connectivity index (χ3v) is 1.85. The maximum Gasteiger partial charge on any atom is 0.317 e. The number of ether oxygens (including phenoxy) is 1. The molecule has 0 radical (unpaired) electrons. The van der Waals surface area contributed by atoms with E-state index in [-0.39, 0.29) is 17.7 Å². The zero-order valence-corrected chi connectivity index (χ0v) is 8.69. The maximum atomic E-state index is 10.8. The van der Waals surface area contributed by atoms with Crippen molar-refractivity contribution >= 4 is 12.3 Å². The lowest BCUT2D eigenvalue weighted by molar-refractivity contribution is -0.139. The summed E-state index contributed by atoms with van der Waals surface area (Å²) in [6, 6.07) is 4.39. The molecule has 0 saturated heterocycles. The number of rotatable bonds is 2. The molecule has 0 unspecified atom stereocenters. The number of carbonyl (C=O) groups excluding carboxylic acids is 2. The lowest BCUT2D eigenvalue weighted by Crippen LogP contribution is -1.97. The SMILES string of the molecule is COC(=O)CC#Cc1ccc(O)c(C=O)c1. The minimum atomic E-state index is -0.415. The van der Waals surface area contributed by atoms with Crippen molar-refractivity contribution in [3.63, 3.8) is 0 Å². The fourth-order valence-corrected chi connectivity index (χ4v) is 1.02. The predicted molar refractivity (Wildman–Crippen MR) is 57.0 cm³/mol. The summed E-state index contributed by atoms with van der Waals surface area (Å²) >= 11 is 0. The third-order valence-electron chi connectivity index (χ3n) is 1.85. The van der Waals surface area contributed by atoms with Gasteiger partial charge in [-0.3, -0.25) is 9.59 Å². The number of hydrogen-bond acceptors (Lipinski definition) is 4. The van der Waals surface area contributed by atoms with Gasteiger partial charge in [0, 0.05) is 5.56 Å². The summed E-state index contributed by atoms with van der Waals surface area (Å²) in [4.78, 5) is 21.3. The third kappa shape index (κ3) is 3.14. The smallest absolute Gasteiger partial charge is 0.317 e. The Kier molecular flexibility index (Phi) is 4.10. The summed E-state index contributed by atoms with van der Waals surface area (Å²) in [6.07, 6.45) is 0.536. The predicted octanol–water partition coefficient (Wildman–Crippen LogP) is 1.12. The molecule has 82 valence electrons. The van der Waals surface area contributed by atoms with E-state index >= 15 is 0 Å². The van der Waals surface area contributed by atoms with E-state index in [2.05, 4.69) is 16.6 Å². The highest BCUT2D eigenvalue weighted by Gasteiger charge is 1.99. The number of phenols is 1. The van der Waals surface area contributed by atoms with Crippen molar-refractivity contribution in [2.45, 2.75) is 6.42 Å². The second kappa shape index (κ2) is 5.56. The Morgan fingerprint density at radius 1 is 1.56 bits per heavy atom. The second-order valence-corrected chi connectivity index (χ2v) is 2.95. The fraction of sp³-hybridized carbons (Fsp3) is 0.167. The number of benzene rings is 1. The molecule has 0 aliphatic heterocycles. The Hall–Kier alpha value is -2.28. The molecule has 4 nitrogen and oxygen atoms in total. The number of methoxy groups -OCH3 is 1. The molecular formula is C12H10O4. The van der Waals surface area contributed by atoms with Crippen LogP contribution in [0.25, 0.3) is 0 Å². The molecule has 0 amide bonds. The minimum absolute atomic E-state index is 0.00615. The van der Waals surface area contributed by atoms with E-state index in [1.807, 2.05) is 0 Å². The van der Waals surface area contributed by atoms with E-state index in [1.54, 1.807) is 6.07 Å². The van der Waals surface area contributed by atoms with Crippen LogP contribution >= 0.6 is 0 Å². The molecule has 0 heterocycles. The summed E-state index contributed by atoms with van der Waals surface area (Å²) in [5.74, 6) is 4.79. The Balaban J connectivity index is 2.81. The molecule has 16 heavy (non-hydrogen) atoms. The summed E-state index contributed by atoms with van der Waals surface area (Å²) in [5.41, 5.74) is 0.730. The van der Waals surface area contributed by atoms with Crippen LogP contribution in [-0.4, -0.2) is 24.5 Å². The van der Waals surface area contributed by atoms with Crippen LogP contribution in [0.3, 0.4) is 0 Å². The summed E-state index contributed by atoms with van der Waals surface area (Å²) in [5, 5.41) is 9.23. The first kappa shape index (κ1) is 11.8. The molecule has 0 fully saturated rings. The second-order valence-electron chi connectivity index (χ2n) is 2.95. The molecule has 0 saturated carbocycles. The first-order chi connectivity index (χ1) is 7.67. The van der Waals surface area contributed by atoms with Crippen LogP contribution in [0.4, 0.5) is 0 Å². The molecule has 1 aromatic carbocycles. The summed E-state index contributed by atoms with van der Waals surface area (Å²) in [6.45, 7) is 0. The largest absolute Gasteiger partial charge is 0.507 e. The first-order valence-corrected chi connectivity index (χ1v) is 4.51. The van der Waals surface area contributed by atoms with Crippen molar-refractivity contribution in [3.8, 4) is 17.6 Å². The quantitative estimate of drug-likeness (QED) is 0.459.